The summed E-state index contributed by atoms with van der Waals surface area (Å²) in [5.74, 6) is -2.68. The minimum atomic E-state index is -1.08. The molecule has 4 aromatic rings. The maximum absolute atomic E-state index is 15.0. The van der Waals surface area contributed by atoms with Gasteiger partial charge >= 0.3 is 0 Å². The first kappa shape index (κ1) is 28.0. The Labute approximate surface area is 252 Å². The third-order valence-electron chi connectivity index (χ3n) is 8.87. The van der Waals surface area contributed by atoms with E-state index in [1.807, 2.05) is 42.3 Å². The Morgan fingerprint density at radius 3 is 2.50 bits per heavy atom. The van der Waals surface area contributed by atoms with E-state index in [-0.39, 0.29) is 43.0 Å². The number of halogens is 3. The number of aromatic nitrogens is 1. The van der Waals surface area contributed by atoms with Crippen LogP contribution >= 0.6 is 0 Å². The number of benzene rings is 3. The zero-order valence-corrected chi connectivity index (χ0v) is 24.2. The number of unbranched alkanes of at least 4 members (excludes halogenated alkanes) is 1. The van der Waals surface area contributed by atoms with Crippen molar-refractivity contribution in [1.82, 2.24) is 9.58 Å². The van der Waals surface area contributed by atoms with Crippen LogP contribution in [-0.2, 0) is 18.4 Å². The van der Waals surface area contributed by atoms with Crippen molar-refractivity contribution in [1.29, 1.82) is 0 Å². The Hall–Kier alpha value is -4.79. The average Bonchev–Trinajstić information content (AvgIpc) is 3.50. The van der Waals surface area contributed by atoms with Gasteiger partial charge in [-0.05, 0) is 76.9 Å². The van der Waals surface area contributed by atoms with Crippen LogP contribution < -0.4 is 15.2 Å². The van der Waals surface area contributed by atoms with Crippen LogP contribution in [0.1, 0.15) is 58.1 Å². The van der Waals surface area contributed by atoms with Gasteiger partial charge in [0.1, 0.15) is 18.0 Å². The normalized spacial score (nSPS) is 18.1. The molecule has 1 aliphatic heterocycles. The molecule has 9 heteroatoms. The first-order valence-corrected chi connectivity index (χ1v) is 14.8. The van der Waals surface area contributed by atoms with Crippen molar-refractivity contribution in [3.05, 3.63) is 140 Å². The summed E-state index contributed by atoms with van der Waals surface area (Å²) in [4.78, 5) is 29.1. The molecule has 3 aliphatic rings. The standard InChI is InChI=1S/C35H30F3N3O3/c1-2-3-16-44-33-31(42)13-15-40-32(33)34(43)39(14-12-22-8-10-26(36)11-9-22)21-41(40)35-25(17-23-6-4-5-7-27(23)35)18-24-19-29(37)30(38)20-28(24)35/h4-11,13,15,18-20H,2-3,12,14,16-17,21H2,1H3. The summed E-state index contributed by atoms with van der Waals surface area (Å²) >= 11 is 0. The minimum absolute atomic E-state index is 0.0425. The van der Waals surface area contributed by atoms with Gasteiger partial charge < -0.3 is 9.64 Å². The predicted molar refractivity (Wildman–Crippen MR) is 161 cm³/mol. The number of carbonyl (C=O) groups is 1. The predicted octanol–water partition coefficient (Wildman–Crippen LogP) is 5.94. The molecule has 0 fully saturated rings. The third-order valence-corrected chi connectivity index (χ3v) is 8.87. The van der Waals surface area contributed by atoms with Crippen molar-refractivity contribution >= 4 is 12.0 Å². The number of hydrogen-bond acceptors (Lipinski definition) is 4. The fourth-order valence-electron chi connectivity index (χ4n) is 6.80. The molecule has 0 radical (unpaired) electrons. The fourth-order valence-corrected chi connectivity index (χ4v) is 6.80. The summed E-state index contributed by atoms with van der Waals surface area (Å²) in [6.07, 6.45) is 5.98. The van der Waals surface area contributed by atoms with Gasteiger partial charge in [-0.3, -0.25) is 19.3 Å². The Bertz CT molecular complexity index is 1880. The van der Waals surface area contributed by atoms with Gasteiger partial charge in [0.25, 0.3) is 5.91 Å². The number of carbonyl (C=O) groups excluding carboxylic acids is 1. The quantitative estimate of drug-likeness (QED) is 0.236. The van der Waals surface area contributed by atoms with E-state index in [1.54, 1.807) is 27.9 Å². The molecular weight excluding hydrogens is 567 g/mol. The van der Waals surface area contributed by atoms with E-state index in [1.165, 1.54) is 30.3 Å². The van der Waals surface area contributed by atoms with Crippen LogP contribution in [0.2, 0.25) is 0 Å². The summed E-state index contributed by atoms with van der Waals surface area (Å²) in [5, 5.41) is 1.96. The highest BCUT2D eigenvalue weighted by atomic mass is 19.2. The number of ether oxygens (including phenoxy) is 1. The third kappa shape index (κ3) is 4.24. The molecule has 0 bridgehead atoms. The van der Waals surface area contributed by atoms with Gasteiger partial charge in [0, 0.05) is 18.8 Å². The molecule has 0 N–H and O–H groups in total. The second-order valence-electron chi connectivity index (χ2n) is 11.5. The van der Waals surface area contributed by atoms with Crippen LogP contribution in [0, 0.1) is 17.5 Å². The molecule has 6 nitrogen and oxygen atoms in total. The molecule has 0 saturated heterocycles. The van der Waals surface area contributed by atoms with Crippen LogP contribution in [-0.4, -0.2) is 35.3 Å². The highest BCUT2D eigenvalue weighted by Crippen LogP contribution is 2.55. The molecule has 44 heavy (non-hydrogen) atoms. The minimum Gasteiger partial charge on any atom is -0.487 e. The zero-order valence-electron chi connectivity index (χ0n) is 24.2. The molecule has 0 saturated carbocycles. The largest absolute Gasteiger partial charge is 0.487 e. The van der Waals surface area contributed by atoms with Crippen molar-refractivity contribution in [3.8, 4) is 5.75 Å². The molecule has 7 rings (SSSR count). The zero-order chi connectivity index (χ0) is 30.6. The SMILES string of the molecule is CCCCOc1c2n(ccc1=O)N(C13C(=Cc4cc(F)c(F)cc41)Cc1ccccc13)CN(CCc1ccc(F)cc1)C2=O. The fraction of sp³-hybridized carbons (Fsp3) is 0.257. The summed E-state index contributed by atoms with van der Waals surface area (Å²) in [6.45, 7) is 2.61. The number of hydrogen-bond donors (Lipinski definition) is 0. The average molecular weight is 598 g/mol. The van der Waals surface area contributed by atoms with E-state index < -0.39 is 22.6 Å². The maximum atomic E-state index is 15.0. The van der Waals surface area contributed by atoms with Crippen molar-refractivity contribution in [2.75, 3.05) is 24.8 Å². The van der Waals surface area contributed by atoms with Gasteiger partial charge in [0.2, 0.25) is 5.43 Å². The second kappa shape index (κ2) is 10.7. The molecule has 1 unspecified atom stereocenters. The van der Waals surface area contributed by atoms with E-state index in [0.29, 0.717) is 30.4 Å². The van der Waals surface area contributed by atoms with Gasteiger partial charge in [0.15, 0.2) is 23.1 Å². The van der Waals surface area contributed by atoms with Gasteiger partial charge in [-0.2, -0.15) is 0 Å². The first-order chi connectivity index (χ1) is 21.3. The Balaban J connectivity index is 1.43. The van der Waals surface area contributed by atoms with Crippen LogP contribution in [0.15, 0.2) is 83.3 Å². The monoisotopic (exact) mass is 597 g/mol. The van der Waals surface area contributed by atoms with Gasteiger partial charge in [0.05, 0.1) is 6.61 Å². The topological polar surface area (TPSA) is 54.8 Å². The molecule has 2 heterocycles. The van der Waals surface area contributed by atoms with Crippen molar-refractivity contribution < 1.29 is 22.7 Å². The van der Waals surface area contributed by atoms with E-state index in [2.05, 4.69) is 0 Å². The van der Waals surface area contributed by atoms with Crippen molar-refractivity contribution in [2.45, 2.75) is 38.1 Å². The highest BCUT2D eigenvalue weighted by molar-refractivity contribution is 5.96. The molecule has 1 atom stereocenters. The number of fused-ring (bicyclic) bond motifs is 6. The van der Waals surface area contributed by atoms with Crippen molar-refractivity contribution in [2.24, 2.45) is 0 Å². The highest BCUT2D eigenvalue weighted by Gasteiger charge is 2.55. The lowest BCUT2D eigenvalue weighted by Crippen LogP contribution is -2.62. The molecule has 3 aromatic carbocycles. The van der Waals surface area contributed by atoms with E-state index >= 15 is 4.39 Å². The summed E-state index contributed by atoms with van der Waals surface area (Å²) < 4.78 is 50.8. The summed E-state index contributed by atoms with van der Waals surface area (Å²) in [5.41, 5.74) is 3.37. The molecule has 1 amide bonds. The molecule has 1 aromatic heterocycles. The van der Waals surface area contributed by atoms with Gasteiger partial charge in [-0.25, -0.2) is 13.2 Å². The van der Waals surface area contributed by atoms with Gasteiger partial charge in [-0.15, -0.1) is 0 Å². The summed E-state index contributed by atoms with van der Waals surface area (Å²) in [7, 11) is 0. The van der Waals surface area contributed by atoms with Crippen LogP contribution in [0.4, 0.5) is 13.2 Å². The first-order valence-electron chi connectivity index (χ1n) is 14.8. The van der Waals surface area contributed by atoms with E-state index in [9.17, 15) is 18.4 Å². The van der Waals surface area contributed by atoms with Crippen LogP contribution in [0.3, 0.4) is 0 Å². The molecule has 224 valence electrons. The Morgan fingerprint density at radius 1 is 0.932 bits per heavy atom. The van der Waals surface area contributed by atoms with Crippen LogP contribution in [0.5, 0.6) is 5.75 Å². The maximum Gasteiger partial charge on any atom is 0.277 e. The number of rotatable bonds is 8. The lowest BCUT2D eigenvalue weighted by molar-refractivity contribution is 0.0667. The lowest BCUT2D eigenvalue weighted by atomic mass is 9.83. The van der Waals surface area contributed by atoms with E-state index in [0.717, 1.165) is 28.7 Å². The summed E-state index contributed by atoms with van der Waals surface area (Å²) in [6, 6.07) is 17.8. The smallest absolute Gasteiger partial charge is 0.277 e. The number of amides is 1. The number of pyridine rings is 1. The van der Waals surface area contributed by atoms with Gasteiger partial charge in [-0.1, -0.05) is 55.8 Å². The van der Waals surface area contributed by atoms with Crippen LogP contribution in [0.25, 0.3) is 6.08 Å². The lowest BCUT2D eigenvalue weighted by Gasteiger charge is -2.49. The number of nitrogens with zero attached hydrogens (tertiary/aromatic N) is 3. The molecule has 0 spiro atoms. The Kier molecular flexibility index (Phi) is 6.83. The molecule has 2 aliphatic carbocycles. The molecular formula is C35H30F3N3O3. The van der Waals surface area contributed by atoms with E-state index in [4.69, 9.17) is 4.74 Å². The Morgan fingerprint density at radius 2 is 1.70 bits per heavy atom. The van der Waals surface area contributed by atoms with Crippen molar-refractivity contribution in [3.63, 3.8) is 0 Å². The second-order valence-corrected chi connectivity index (χ2v) is 11.5.